The highest BCUT2D eigenvalue weighted by Crippen LogP contribution is 2.38. The molecule has 7 rings (SSSR count). The van der Waals surface area contributed by atoms with Crippen LogP contribution in [0.4, 0.5) is 0 Å². The molecule has 0 bridgehead atoms. The second-order valence-corrected chi connectivity index (χ2v) is 16.0. The Morgan fingerprint density at radius 3 is 1.28 bits per heavy atom. The quantitative estimate of drug-likeness (QED) is 0.180. The smallest absolute Gasteiger partial charge is 0.164 e. The van der Waals surface area contributed by atoms with Crippen molar-refractivity contribution in [1.29, 1.82) is 0 Å². The maximum absolute atomic E-state index is 5.02. The lowest BCUT2D eigenvalue weighted by atomic mass is 9.85. The Balaban J connectivity index is 1.45. The van der Waals surface area contributed by atoms with Gasteiger partial charge >= 0.3 is 0 Å². The van der Waals surface area contributed by atoms with Crippen molar-refractivity contribution in [2.75, 3.05) is 0 Å². The summed E-state index contributed by atoms with van der Waals surface area (Å²) in [4.78, 5) is 15.0. The second-order valence-electron chi connectivity index (χ2n) is 14.2. The van der Waals surface area contributed by atoms with Crippen molar-refractivity contribution in [3.63, 3.8) is 0 Å². The first-order chi connectivity index (χ1) is 22.3. The molecule has 0 saturated carbocycles. The average Bonchev–Trinajstić information content (AvgIpc) is 3.37. The molecule has 2 heterocycles. The third-order valence-corrected chi connectivity index (χ3v) is 9.65. The maximum atomic E-state index is 5.02. The number of aromatic nitrogens is 4. The summed E-state index contributed by atoms with van der Waals surface area (Å²) in [6, 6.07) is 38.5. The van der Waals surface area contributed by atoms with Crippen molar-refractivity contribution >= 4 is 53.7 Å². The van der Waals surface area contributed by atoms with E-state index in [1.165, 1.54) is 32.9 Å². The van der Waals surface area contributed by atoms with Crippen molar-refractivity contribution < 1.29 is 0 Å². The number of fused-ring (bicyclic) bond motifs is 3. The topological polar surface area (TPSA) is 43.6 Å². The average molecular weight is 745 g/mol. The van der Waals surface area contributed by atoms with Crippen LogP contribution < -0.4 is 0 Å². The minimum absolute atomic E-state index is 0.0426. The van der Waals surface area contributed by atoms with E-state index < -0.39 is 0 Å². The Kier molecular flexibility index (Phi) is 7.92. The first-order valence-corrected chi connectivity index (χ1v) is 17.4. The Bertz CT molecular complexity index is 2170. The van der Waals surface area contributed by atoms with Crippen LogP contribution in [0.5, 0.6) is 0 Å². The predicted molar refractivity (Wildman–Crippen MR) is 203 cm³/mol. The Morgan fingerprint density at radius 2 is 0.872 bits per heavy atom. The summed E-state index contributed by atoms with van der Waals surface area (Å²) in [6.45, 7) is 13.6. The van der Waals surface area contributed by atoms with E-state index in [4.69, 9.17) is 15.0 Å². The van der Waals surface area contributed by atoms with E-state index in [2.05, 4.69) is 139 Å². The van der Waals surface area contributed by atoms with Gasteiger partial charge in [-0.05, 0) is 82.6 Å². The van der Waals surface area contributed by atoms with Crippen LogP contribution in [0, 0.1) is 0 Å². The molecule has 0 amide bonds. The molecule has 0 spiro atoms. The lowest BCUT2D eigenvalue weighted by Crippen LogP contribution is -2.10. The van der Waals surface area contributed by atoms with Gasteiger partial charge in [0.25, 0.3) is 0 Å². The number of benzene rings is 5. The van der Waals surface area contributed by atoms with E-state index >= 15 is 0 Å². The molecule has 0 aliphatic heterocycles. The number of halogens is 2. The van der Waals surface area contributed by atoms with Gasteiger partial charge in [0.2, 0.25) is 0 Å². The molecule has 7 aromatic rings. The summed E-state index contributed by atoms with van der Waals surface area (Å²) < 4.78 is 4.32. The molecular weight excluding hydrogens is 708 g/mol. The van der Waals surface area contributed by atoms with Gasteiger partial charge in [0.05, 0.1) is 11.0 Å². The fourth-order valence-corrected chi connectivity index (χ4v) is 6.84. The van der Waals surface area contributed by atoms with Gasteiger partial charge in [-0.15, -0.1) is 0 Å². The summed E-state index contributed by atoms with van der Waals surface area (Å²) in [5, 5.41) is 2.52. The molecule has 0 saturated heterocycles. The number of hydrogen-bond donors (Lipinski definition) is 0. The molecule has 0 radical (unpaired) electrons. The van der Waals surface area contributed by atoms with E-state index in [9.17, 15) is 0 Å². The normalized spacial score (nSPS) is 12.3. The molecule has 47 heavy (non-hydrogen) atoms. The van der Waals surface area contributed by atoms with E-state index in [-0.39, 0.29) is 10.8 Å². The van der Waals surface area contributed by atoms with Crippen molar-refractivity contribution in [2.24, 2.45) is 0 Å². The molecule has 2 aromatic heterocycles. The summed E-state index contributed by atoms with van der Waals surface area (Å²) in [5.74, 6) is 1.87. The minimum Gasteiger partial charge on any atom is -0.309 e. The molecule has 5 aromatic carbocycles. The van der Waals surface area contributed by atoms with Gasteiger partial charge in [0.1, 0.15) is 0 Å². The molecule has 0 unspecified atom stereocenters. The van der Waals surface area contributed by atoms with Gasteiger partial charge in [0.15, 0.2) is 17.5 Å². The third-order valence-electron chi connectivity index (χ3n) is 8.66. The van der Waals surface area contributed by atoms with Crippen molar-refractivity contribution in [3.8, 4) is 39.9 Å². The van der Waals surface area contributed by atoms with Crippen molar-refractivity contribution in [1.82, 2.24) is 19.5 Å². The van der Waals surface area contributed by atoms with Crippen LogP contribution >= 0.6 is 31.9 Å². The summed E-state index contributed by atoms with van der Waals surface area (Å²) in [6.07, 6.45) is 0. The first kappa shape index (κ1) is 31.5. The van der Waals surface area contributed by atoms with Gasteiger partial charge < -0.3 is 4.57 Å². The van der Waals surface area contributed by atoms with Crippen molar-refractivity contribution in [2.45, 2.75) is 52.4 Å². The monoisotopic (exact) mass is 742 g/mol. The summed E-state index contributed by atoms with van der Waals surface area (Å²) >= 11 is 7.23. The maximum Gasteiger partial charge on any atom is 0.164 e. The van der Waals surface area contributed by atoms with Crippen LogP contribution in [0.1, 0.15) is 52.7 Å². The summed E-state index contributed by atoms with van der Waals surface area (Å²) in [7, 11) is 0. The Morgan fingerprint density at radius 1 is 0.468 bits per heavy atom. The van der Waals surface area contributed by atoms with Crippen LogP contribution in [-0.4, -0.2) is 19.5 Å². The van der Waals surface area contributed by atoms with Gasteiger partial charge in [-0.2, -0.15) is 0 Å². The van der Waals surface area contributed by atoms with E-state index in [0.717, 1.165) is 31.3 Å². The standard InChI is InChI=1S/C41H36Br2N4/c1-40(2,3)28-16-18-35-33(23-28)34-24-29(41(4,5)6)17-19-36(34)47(35)32-15-9-12-27(22-32)39-45-37(25-10-7-13-30(42)20-25)44-38(46-39)26-11-8-14-31(43)21-26/h7-24H,1-6H3. The fraction of sp³-hybridized carbons (Fsp3) is 0.195. The van der Waals surface area contributed by atoms with Crippen LogP contribution in [0.15, 0.2) is 118 Å². The SMILES string of the molecule is CC(C)(C)c1ccc2c(c1)c1cc(C(C)(C)C)ccc1n2-c1cccc(-c2nc(-c3cccc(Br)c3)nc(-c3cccc(Br)c3)n2)c1. The molecule has 0 N–H and O–H groups in total. The molecule has 0 aliphatic rings. The third kappa shape index (κ3) is 6.17. The molecule has 6 heteroatoms. The van der Waals surface area contributed by atoms with Crippen LogP contribution in [0.2, 0.25) is 0 Å². The van der Waals surface area contributed by atoms with Gasteiger partial charge in [0, 0.05) is 42.1 Å². The highest BCUT2D eigenvalue weighted by Gasteiger charge is 2.21. The minimum atomic E-state index is 0.0426. The van der Waals surface area contributed by atoms with Gasteiger partial charge in [-0.1, -0.05) is 122 Å². The number of hydrogen-bond acceptors (Lipinski definition) is 3. The molecule has 234 valence electrons. The first-order valence-electron chi connectivity index (χ1n) is 15.8. The highest BCUT2D eigenvalue weighted by molar-refractivity contribution is 9.10. The Labute approximate surface area is 293 Å². The fourth-order valence-electron chi connectivity index (χ4n) is 6.04. The lowest BCUT2D eigenvalue weighted by molar-refractivity contribution is 0.590. The van der Waals surface area contributed by atoms with Crippen LogP contribution in [-0.2, 0) is 10.8 Å². The summed E-state index contributed by atoms with van der Waals surface area (Å²) in [5.41, 5.74) is 8.90. The molecule has 0 fully saturated rings. The van der Waals surface area contributed by atoms with Gasteiger partial charge in [-0.25, -0.2) is 15.0 Å². The number of rotatable bonds is 4. The second kappa shape index (κ2) is 11.8. The number of nitrogens with zero attached hydrogens (tertiary/aromatic N) is 4. The molecule has 4 nitrogen and oxygen atoms in total. The molecule has 0 aliphatic carbocycles. The largest absolute Gasteiger partial charge is 0.309 e. The van der Waals surface area contributed by atoms with E-state index in [0.29, 0.717) is 17.5 Å². The van der Waals surface area contributed by atoms with Gasteiger partial charge in [-0.3, -0.25) is 0 Å². The highest BCUT2D eigenvalue weighted by atomic mass is 79.9. The molecular formula is C41H36Br2N4. The van der Waals surface area contributed by atoms with E-state index in [1.807, 2.05) is 48.5 Å². The predicted octanol–water partition coefficient (Wildman–Crippen LogP) is 12.1. The Hall–Kier alpha value is -4.13. The zero-order valence-corrected chi connectivity index (χ0v) is 30.6. The van der Waals surface area contributed by atoms with Crippen molar-refractivity contribution in [3.05, 3.63) is 129 Å². The molecule has 0 atom stereocenters. The van der Waals surface area contributed by atoms with Crippen LogP contribution in [0.25, 0.3) is 61.7 Å². The van der Waals surface area contributed by atoms with Crippen LogP contribution in [0.3, 0.4) is 0 Å². The zero-order chi connectivity index (χ0) is 33.1. The lowest BCUT2D eigenvalue weighted by Gasteiger charge is -2.19. The van der Waals surface area contributed by atoms with E-state index in [1.54, 1.807) is 0 Å². The zero-order valence-electron chi connectivity index (χ0n) is 27.4.